The van der Waals surface area contributed by atoms with Crippen LogP contribution in [0.3, 0.4) is 0 Å². The van der Waals surface area contributed by atoms with Gasteiger partial charge >= 0.3 is 6.09 Å². The second-order valence-electron chi connectivity index (χ2n) is 3.01. The first-order valence-electron chi connectivity index (χ1n) is 4.57. The van der Waals surface area contributed by atoms with E-state index >= 15 is 0 Å². The van der Waals surface area contributed by atoms with Gasteiger partial charge in [-0.3, -0.25) is 0 Å². The van der Waals surface area contributed by atoms with Crippen LogP contribution in [0.2, 0.25) is 0 Å². The van der Waals surface area contributed by atoms with E-state index < -0.39 is 6.09 Å². The van der Waals surface area contributed by atoms with Crippen LogP contribution < -0.4 is 4.74 Å². The summed E-state index contributed by atoms with van der Waals surface area (Å²) in [4.78, 5) is 15.4. The molecule has 6 nitrogen and oxygen atoms in total. The van der Waals surface area contributed by atoms with Crippen molar-refractivity contribution in [2.45, 2.75) is 0 Å². The standard InChI is InChI=1S/C10H11N3O3/c1-13(10(14)15)5-6-16-9-3-2-4-12-8(9)7-11/h2-4H,5-6H2,1H3,(H,14,15). The quantitative estimate of drug-likeness (QED) is 0.817. The van der Waals surface area contributed by atoms with E-state index in [1.807, 2.05) is 6.07 Å². The first-order chi connectivity index (χ1) is 7.65. The Bertz CT molecular complexity index is 414. The van der Waals surface area contributed by atoms with Crippen molar-refractivity contribution >= 4 is 6.09 Å². The van der Waals surface area contributed by atoms with E-state index in [0.29, 0.717) is 5.75 Å². The lowest BCUT2D eigenvalue weighted by Crippen LogP contribution is -2.29. The number of nitrogens with zero attached hydrogens (tertiary/aromatic N) is 3. The largest absolute Gasteiger partial charge is 0.489 e. The molecule has 1 N–H and O–H groups in total. The second-order valence-corrected chi connectivity index (χ2v) is 3.01. The number of pyridine rings is 1. The topological polar surface area (TPSA) is 86.5 Å². The van der Waals surface area contributed by atoms with Crippen LogP contribution in [0.5, 0.6) is 5.75 Å². The molecule has 1 aromatic heterocycles. The molecule has 0 aliphatic carbocycles. The smallest absolute Gasteiger partial charge is 0.407 e. The minimum Gasteiger partial charge on any atom is -0.489 e. The SMILES string of the molecule is CN(CCOc1cccnc1C#N)C(=O)O. The maximum atomic E-state index is 10.5. The van der Waals surface area contributed by atoms with Crippen molar-refractivity contribution in [3.8, 4) is 11.8 Å². The predicted molar refractivity (Wildman–Crippen MR) is 55.1 cm³/mol. The number of aromatic nitrogens is 1. The number of hydrogen-bond donors (Lipinski definition) is 1. The molecule has 1 heterocycles. The Labute approximate surface area is 92.7 Å². The van der Waals surface area contributed by atoms with Crippen molar-refractivity contribution in [1.82, 2.24) is 9.88 Å². The van der Waals surface area contributed by atoms with Crippen LogP contribution in [0.1, 0.15) is 5.69 Å². The van der Waals surface area contributed by atoms with Crippen molar-refractivity contribution in [2.24, 2.45) is 0 Å². The van der Waals surface area contributed by atoms with Crippen molar-refractivity contribution < 1.29 is 14.6 Å². The molecule has 0 unspecified atom stereocenters. The monoisotopic (exact) mass is 221 g/mol. The fraction of sp³-hybridized carbons (Fsp3) is 0.300. The molecule has 0 bridgehead atoms. The van der Waals surface area contributed by atoms with Gasteiger partial charge < -0.3 is 14.7 Å². The Hall–Kier alpha value is -2.29. The van der Waals surface area contributed by atoms with Crippen LogP contribution in [-0.4, -0.2) is 41.3 Å². The molecule has 0 radical (unpaired) electrons. The summed E-state index contributed by atoms with van der Waals surface area (Å²) < 4.78 is 5.26. The summed E-state index contributed by atoms with van der Waals surface area (Å²) in [6, 6.07) is 5.16. The number of carbonyl (C=O) groups is 1. The zero-order valence-corrected chi connectivity index (χ0v) is 8.75. The third kappa shape index (κ3) is 3.13. The number of amides is 1. The molecule has 16 heavy (non-hydrogen) atoms. The zero-order valence-electron chi connectivity index (χ0n) is 8.75. The van der Waals surface area contributed by atoms with Gasteiger partial charge in [-0.2, -0.15) is 5.26 Å². The highest BCUT2D eigenvalue weighted by molar-refractivity contribution is 5.64. The van der Waals surface area contributed by atoms with Gasteiger partial charge in [0.15, 0.2) is 11.4 Å². The van der Waals surface area contributed by atoms with E-state index in [4.69, 9.17) is 15.1 Å². The fourth-order valence-corrected chi connectivity index (χ4v) is 0.979. The molecule has 84 valence electrons. The third-order valence-corrected chi connectivity index (χ3v) is 1.89. The van der Waals surface area contributed by atoms with Crippen molar-refractivity contribution in [1.29, 1.82) is 5.26 Å². The predicted octanol–water partition coefficient (Wildman–Crippen LogP) is 0.942. The van der Waals surface area contributed by atoms with E-state index in [9.17, 15) is 4.79 Å². The molecule has 0 fully saturated rings. The Morgan fingerprint density at radius 2 is 2.50 bits per heavy atom. The normalized spacial score (nSPS) is 9.25. The summed E-state index contributed by atoms with van der Waals surface area (Å²) in [7, 11) is 1.44. The number of hydrogen-bond acceptors (Lipinski definition) is 4. The number of nitriles is 1. The summed E-state index contributed by atoms with van der Waals surface area (Å²) in [5.74, 6) is 0.365. The van der Waals surface area contributed by atoms with Gasteiger partial charge in [-0.25, -0.2) is 9.78 Å². The van der Waals surface area contributed by atoms with Crippen LogP contribution >= 0.6 is 0 Å². The zero-order chi connectivity index (χ0) is 12.0. The van der Waals surface area contributed by atoms with Crippen LogP contribution in [-0.2, 0) is 0 Å². The molecule has 6 heteroatoms. The van der Waals surface area contributed by atoms with Gasteiger partial charge in [-0.1, -0.05) is 0 Å². The lowest BCUT2D eigenvalue weighted by Gasteiger charge is -2.13. The van der Waals surface area contributed by atoms with Crippen molar-refractivity contribution in [3.05, 3.63) is 24.0 Å². The number of rotatable bonds is 4. The Morgan fingerprint density at radius 1 is 1.75 bits per heavy atom. The lowest BCUT2D eigenvalue weighted by molar-refractivity contribution is 0.147. The van der Waals surface area contributed by atoms with E-state index in [0.717, 1.165) is 4.90 Å². The van der Waals surface area contributed by atoms with E-state index in [2.05, 4.69) is 4.98 Å². The molecule has 0 spiro atoms. The highest BCUT2D eigenvalue weighted by Crippen LogP contribution is 2.13. The first-order valence-corrected chi connectivity index (χ1v) is 4.57. The molecule has 1 aromatic rings. The summed E-state index contributed by atoms with van der Waals surface area (Å²) in [5.41, 5.74) is 0.195. The Morgan fingerprint density at radius 3 is 3.12 bits per heavy atom. The molecule has 1 rings (SSSR count). The van der Waals surface area contributed by atoms with Crippen LogP contribution in [0.15, 0.2) is 18.3 Å². The van der Waals surface area contributed by atoms with Gasteiger partial charge in [-0.05, 0) is 12.1 Å². The average Bonchev–Trinajstić information content (AvgIpc) is 2.29. The molecule has 1 amide bonds. The first kappa shape index (κ1) is 11.8. The maximum absolute atomic E-state index is 10.5. The van der Waals surface area contributed by atoms with Crippen LogP contribution in [0.4, 0.5) is 4.79 Å². The third-order valence-electron chi connectivity index (χ3n) is 1.89. The van der Waals surface area contributed by atoms with Gasteiger partial charge in [0.25, 0.3) is 0 Å². The second kappa shape index (κ2) is 5.56. The number of likely N-dealkylation sites (N-methyl/N-ethyl adjacent to an activating group) is 1. The minimum absolute atomic E-state index is 0.184. The molecule has 0 aromatic carbocycles. The van der Waals surface area contributed by atoms with E-state index in [-0.39, 0.29) is 18.8 Å². The molecular weight excluding hydrogens is 210 g/mol. The van der Waals surface area contributed by atoms with Crippen LogP contribution in [0, 0.1) is 11.3 Å². The van der Waals surface area contributed by atoms with Gasteiger partial charge in [0.2, 0.25) is 0 Å². The van der Waals surface area contributed by atoms with Crippen molar-refractivity contribution in [2.75, 3.05) is 20.2 Å². The van der Waals surface area contributed by atoms with E-state index in [1.54, 1.807) is 12.1 Å². The highest BCUT2D eigenvalue weighted by Gasteiger charge is 2.06. The minimum atomic E-state index is -1.02. The molecule has 0 saturated carbocycles. The maximum Gasteiger partial charge on any atom is 0.407 e. The van der Waals surface area contributed by atoms with Gasteiger partial charge in [-0.15, -0.1) is 0 Å². The molecule has 0 atom stereocenters. The van der Waals surface area contributed by atoms with Crippen molar-refractivity contribution in [3.63, 3.8) is 0 Å². The summed E-state index contributed by atoms with van der Waals surface area (Å²) in [6.07, 6.45) is 0.477. The summed E-state index contributed by atoms with van der Waals surface area (Å²) in [6.45, 7) is 0.415. The highest BCUT2D eigenvalue weighted by atomic mass is 16.5. The Balaban J connectivity index is 2.49. The fourth-order valence-electron chi connectivity index (χ4n) is 0.979. The van der Waals surface area contributed by atoms with Crippen LogP contribution in [0.25, 0.3) is 0 Å². The molecule has 0 aliphatic rings. The Kier molecular flexibility index (Phi) is 4.09. The summed E-state index contributed by atoms with van der Waals surface area (Å²) >= 11 is 0. The van der Waals surface area contributed by atoms with Gasteiger partial charge in [0.05, 0.1) is 6.54 Å². The van der Waals surface area contributed by atoms with Gasteiger partial charge in [0, 0.05) is 13.2 Å². The molecular formula is C10H11N3O3. The molecule has 0 saturated heterocycles. The summed E-state index contributed by atoms with van der Waals surface area (Å²) in [5, 5.41) is 17.3. The van der Waals surface area contributed by atoms with E-state index in [1.165, 1.54) is 13.2 Å². The molecule has 0 aliphatic heterocycles. The lowest BCUT2D eigenvalue weighted by atomic mass is 10.3. The number of carboxylic acid groups (broad SMARTS) is 1. The van der Waals surface area contributed by atoms with Gasteiger partial charge in [0.1, 0.15) is 12.7 Å². The number of ether oxygens (including phenoxy) is 1. The average molecular weight is 221 g/mol.